The van der Waals surface area contributed by atoms with Crippen LogP contribution in [0, 0.1) is 0 Å². The van der Waals surface area contributed by atoms with Crippen molar-refractivity contribution in [2.75, 3.05) is 23.0 Å². The van der Waals surface area contributed by atoms with E-state index in [-0.39, 0.29) is 23.9 Å². The van der Waals surface area contributed by atoms with Crippen molar-refractivity contribution in [2.24, 2.45) is 0 Å². The van der Waals surface area contributed by atoms with Crippen LogP contribution >= 0.6 is 23.4 Å². The fourth-order valence-electron chi connectivity index (χ4n) is 2.59. The van der Waals surface area contributed by atoms with Crippen molar-refractivity contribution in [3.05, 3.63) is 35.9 Å². The number of alkyl halides is 7. The summed E-state index contributed by atoms with van der Waals surface area (Å²) in [6.45, 7) is 1.88. The van der Waals surface area contributed by atoms with E-state index < -0.39 is 36.1 Å². The molecule has 0 unspecified atom stereocenters. The van der Waals surface area contributed by atoms with E-state index in [0.717, 1.165) is 0 Å². The Morgan fingerprint density at radius 1 is 1.19 bits per heavy atom. The van der Waals surface area contributed by atoms with Crippen molar-refractivity contribution in [2.45, 2.75) is 37.8 Å². The molecule has 14 heteroatoms. The zero-order valence-corrected chi connectivity index (χ0v) is 18.1. The largest absolute Gasteiger partial charge is 0.459 e. The minimum atomic E-state index is -6.35. The molecule has 1 amide bonds. The van der Waals surface area contributed by atoms with Gasteiger partial charge in [-0.1, -0.05) is 11.6 Å². The predicted octanol–water partition coefficient (Wildman–Crippen LogP) is 5.62. The van der Waals surface area contributed by atoms with Gasteiger partial charge in [-0.05, 0) is 24.8 Å². The maximum Gasteiger partial charge on any atom is 0.459 e. The van der Waals surface area contributed by atoms with Crippen LogP contribution in [-0.2, 0) is 4.79 Å². The quantitative estimate of drug-likeness (QED) is 0.310. The van der Waals surface area contributed by atoms with E-state index in [1.54, 1.807) is 25.3 Å². The molecule has 0 radical (unpaired) electrons. The summed E-state index contributed by atoms with van der Waals surface area (Å²) in [5.74, 6) is -12.6. The van der Waals surface area contributed by atoms with Gasteiger partial charge in [0.25, 0.3) is 0 Å². The lowest BCUT2D eigenvalue weighted by Gasteiger charge is -2.28. The van der Waals surface area contributed by atoms with Gasteiger partial charge in [0.05, 0.1) is 18.1 Å². The molecule has 0 aliphatic carbocycles. The topological polar surface area (TPSA) is 51.0 Å². The van der Waals surface area contributed by atoms with E-state index >= 15 is 0 Å². The number of hydrogen-bond donors (Lipinski definition) is 0. The van der Waals surface area contributed by atoms with Gasteiger partial charge in [0, 0.05) is 31.3 Å². The molecule has 2 rings (SSSR count). The van der Waals surface area contributed by atoms with Crippen LogP contribution < -0.4 is 4.90 Å². The molecule has 0 aliphatic rings. The molecule has 0 saturated carbocycles. The Balaban J connectivity index is 1.92. The van der Waals surface area contributed by atoms with Gasteiger partial charge >= 0.3 is 18.0 Å². The number of thioether (sulfide) groups is 1. The van der Waals surface area contributed by atoms with Crippen LogP contribution in [0.25, 0.3) is 5.69 Å². The van der Waals surface area contributed by atoms with Gasteiger partial charge in [0.15, 0.2) is 5.15 Å². The summed E-state index contributed by atoms with van der Waals surface area (Å²) in [4.78, 5) is 17.8. The highest BCUT2D eigenvalue weighted by molar-refractivity contribution is 7.99. The smallest absolute Gasteiger partial charge is 0.308 e. The number of amides is 1. The maximum absolute atomic E-state index is 13.3. The van der Waals surface area contributed by atoms with Gasteiger partial charge in [0.2, 0.25) is 5.91 Å². The monoisotopic (exact) mass is 506 g/mol. The minimum absolute atomic E-state index is 0.0331. The molecule has 0 aliphatic heterocycles. The van der Waals surface area contributed by atoms with Crippen molar-refractivity contribution in [1.82, 2.24) is 14.8 Å². The molecule has 0 bridgehead atoms. The summed E-state index contributed by atoms with van der Waals surface area (Å²) in [6, 6.07) is 3.39. The van der Waals surface area contributed by atoms with Gasteiger partial charge < -0.3 is 4.90 Å². The molecule has 32 heavy (non-hydrogen) atoms. The van der Waals surface area contributed by atoms with Crippen LogP contribution in [0.5, 0.6) is 0 Å². The highest BCUT2D eigenvalue weighted by Gasteiger charge is 2.72. The first kappa shape index (κ1) is 26.2. The van der Waals surface area contributed by atoms with E-state index in [1.807, 2.05) is 0 Å². The Bertz CT molecular complexity index is 908. The van der Waals surface area contributed by atoms with Crippen molar-refractivity contribution in [1.29, 1.82) is 0 Å². The number of hydrogen-bond acceptors (Lipinski definition) is 4. The van der Waals surface area contributed by atoms with Gasteiger partial charge in [-0.3, -0.25) is 9.78 Å². The number of halogens is 8. The summed E-state index contributed by atoms with van der Waals surface area (Å²) in [5, 5.41) is 4.14. The minimum Gasteiger partial charge on any atom is -0.308 e. The number of carbonyl (C=O) groups excluding carboxylic acids is 1. The van der Waals surface area contributed by atoms with Crippen molar-refractivity contribution < 1.29 is 35.5 Å². The second kappa shape index (κ2) is 10.3. The molecular formula is C18H18ClF7N4OS. The maximum atomic E-state index is 13.3. The Labute approximate surface area is 187 Å². The molecule has 0 spiro atoms. The predicted molar refractivity (Wildman–Crippen MR) is 107 cm³/mol. The molecule has 2 aromatic heterocycles. The van der Waals surface area contributed by atoms with Crippen LogP contribution in [0.4, 0.5) is 36.4 Å². The number of anilines is 1. The van der Waals surface area contributed by atoms with Gasteiger partial charge in [0.1, 0.15) is 5.69 Å². The normalized spacial score (nSPS) is 12.8. The second-order valence-corrected chi connectivity index (χ2v) is 8.07. The lowest BCUT2D eigenvalue weighted by Crippen LogP contribution is -2.52. The number of aromatic nitrogens is 3. The molecular weight excluding hydrogens is 489 g/mol. The average molecular weight is 507 g/mol. The van der Waals surface area contributed by atoms with Crippen molar-refractivity contribution >= 4 is 35.0 Å². The van der Waals surface area contributed by atoms with Crippen LogP contribution in [-0.4, -0.2) is 56.7 Å². The Kier molecular flexibility index (Phi) is 8.43. The fraction of sp³-hybridized carbons (Fsp3) is 0.500. The molecule has 0 saturated heterocycles. The van der Waals surface area contributed by atoms with E-state index in [9.17, 15) is 35.5 Å². The second-order valence-electron chi connectivity index (χ2n) is 6.49. The summed E-state index contributed by atoms with van der Waals surface area (Å²) in [5.41, 5.74) is 0.890. The molecule has 0 atom stereocenters. The Morgan fingerprint density at radius 3 is 2.44 bits per heavy atom. The number of pyridine rings is 1. The first-order valence-corrected chi connectivity index (χ1v) is 10.7. The molecule has 0 N–H and O–H groups in total. The number of carbonyl (C=O) groups is 1. The Hall–Kier alpha value is -2.02. The van der Waals surface area contributed by atoms with Crippen LogP contribution in [0.1, 0.15) is 19.8 Å². The zero-order valence-electron chi connectivity index (χ0n) is 16.6. The lowest BCUT2D eigenvalue weighted by atomic mass is 10.1. The van der Waals surface area contributed by atoms with E-state index in [2.05, 4.69) is 10.1 Å². The molecule has 5 nitrogen and oxygen atoms in total. The average Bonchev–Trinajstić information content (AvgIpc) is 3.09. The molecule has 2 heterocycles. The molecule has 0 fully saturated rings. The third kappa shape index (κ3) is 5.85. The van der Waals surface area contributed by atoms with Crippen molar-refractivity contribution in [3.63, 3.8) is 0 Å². The summed E-state index contributed by atoms with van der Waals surface area (Å²) >= 11 is 6.80. The lowest BCUT2D eigenvalue weighted by molar-refractivity contribution is -0.354. The highest BCUT2D eigenvalue weighted by atomic mass is 35.5. The van der Waals surface area contributed by atoms with Crippen LogP contribution in [0.3, 0.4) is 0 Å². The highest BCUT2D eigenvalue weighted by Crippen LogP contribution is 2.48. The van der Waals surface area contributed by atoms with Gasteiger partial charge in [-0.25, -0.2) is 4.68 Å². The van der Waals surface area contributed by atoms with Gasteiger partial charge in [-0.2, -0.15) is 47.6 Å². The van der Waals surface area contributed by atoms with Crippen LogP contribution in [0.2, 0.25) is 5.15 Å². The standard InChI is InChI=1S/C18H18ClF7N4OS/c1-2-29(13-11-30(28-15(13)19)12-4-3-7-27-10-12)14(31)5-8-32-9-6-16(20,21)17(22,23)18(24,25)26/h3-4,7,10-11H,2,5-6,8-9H2,1H3. The number of nitrogens with zero attached hydrogens (tertiary/aromatic N) is 4. The zero-order chi connectivity index (χ0) is 24.2. The van der Waals surface area contributed by atoms with E-state index in [0.29, 0.717) is 23.1 Å². The summed E-state index contributed by atoms with van der Waals surface area (Å²) in [7, 11) is 0. The SMILES string of the molecule is CCN(C(=O)CCSCCC(F)(F)C(F)(F)C(F)(F)F)c1cn(-c2cccnc2)nc1Cl. The van der Waals surface area contributed by atoms with Crippen molar-refractivity contribution in [3.8, 4) is 5.69 Å². The first-order chi connectivity index (χ1) is 14.8. The van der Waals surface area contributed by atoms with E-state index in [4.69, 9.17) is 11.6 Å². The van der Waals surface area contributed by atoms with Crippen LogP contribution in [0.15, 0.2) is 30.7 Å². The Morgan fingerprint density at radius 2 is 1.88 bits per heavy atom. The van der Waals surface area contributed by atoms with E-state index in [1.165, 1.54) is 22.0 Å². The fourth-order valence-corrected chi connectivity index (χ4v) is 3.74. The third-order valence-electron chi connectivity index (χ3n) is 4.31. The number of rotatable bonds is 10. The molecule has 2 aromatic rings. The first-order valence-electron chi connectivity index (χ1n) is 9.18. The molecule has 178 valence electrons. The van der Waals surface area contributed by atoms with Gasteiger partial charge in [-0.15, -0.1) is 0 Å². The summed E-state index contributed by atoms with van der Waals surface area (Å²) in [6.07, 6.45) is -3.60. The third-order valence-corrected chi connectivity index (χ3v) is 5.56. The summed E-state index contributed by atoms with van der Waals surface area (Å²) < 4.78 is 90.1. The molecule has 0 aromatic carbocycles.